The van der Waals surface area contributed by atoms with Crippen molar-refractivity contribution < 1.29 is 8.78 Å². The Balaban J connectivity index is 3.08. The minimum absolute atomic E-state index is 0.0562. The van der Waals surface area contributed by atoms with Gasteiger partial charge in [-0.1, -0.05) is 0 Å². The van der Waals surface area contributed by atoms with Gasteiger partial charge in [-0.3, -0.25) is 0 Å². The Morgan fingerprint density at radius 2 is 1.94 bits per heavy atom. The number of nitriles is 2. The summed E-state index contributed by atoms with van der Waals surface area (Å²) in [6.07, 6.45) is 0.323. The average Bonchev–Trinajstić information content (AvgIpc) is 2.28. The topological polar surface area (TPSA) is 47.6 Å². The Morgan fingerprint density at radius 1 is 1.25 bits per heavy atom. The zero-order valence-electron chi connectivity index (χ0n) is 8.80. The van der Waals surface area contributed by atoms with Crippen LogP contribution in [0.1, 0.15) is 30.4 Å². The van der Waals surface area contributed by atoms with Crippen LogP contribution in [0.25, 0.3) is 0 Å². The van der Waals surface area contributed by atoms with Crippen LogP contribution in [0.3, 0.4) is 0 Å². The van der Waals surface area contributed by atoms with E-state index in [4.69, 9.17) is 10.5 Å². The first-order valence-electron chi connectivity index (χ1n) is 4.84. The van der Waals surface area contributed by atoms with E-state index in [0.717, 1.165) is 12.1 Å². The van der Waals surface area contributed by atoms with Gasteiger partial charge >= 0.3 is 0 Å². The Hall–Kier alpha value is -1.94. The fourth-order valence-electron chi connectivity index (χ4n) is 1.39. The maximum Gasteiger partial charge on any atom is 0.128 e. The summed E-state index contributed by atoms with van der Waals surface area (Å²) in [5.41, 5.74) is 0.230. The predicted molar refractivity (Wildman–Crippen MR) is 54.3 cm³/mol. The molecule has 16 heavy (non-hydrogen) atoms. The summed E-state index contributed by atoms with van der Waals surface area (Å²) < 4.78 is 27.0. The summed E-state index contributed by atoms with van der Waals surface area (Å²) >= 11 is 0. The second-order valence-electron chi connectivity index (χ2n) is 3.47. The lowest BCUT2D eigenvalue weighted by Crippen LogP contribution is -2.00. The minimum atomic E-state index is -0.681. The van der Waals surface area contributed by atoms with Crippen molar-refractivity contribution in [3.8, 4) is 12.1 Å². The first kappa shape index (κ1) is 12.1. The van der Waals surface area contributed by atoms with Gasteiger partial charge in [0.15, 0.2) is 0 Å². The summed E-state index contributed by atoms with van der Waals surface area (Å²) in [5.74, 6) is -1.84. The van der Waals surface area contributed by atoms with Crippen molar-refractivity contribution in [1.29, 1.82) is 10.5 Å². The van der Waals surface area contributed by atoms with E-state index in [2.05, 4.69) is 0 Å². The van der Waals surface area contributed by atoms with Crippen molar-refractivity contribution in [2.45, 2.75) is 25.7 Å². The van der Waals surface area contributed by atoms with Gasteiger partial charge in [-0.25, -0.2) is 8.78 Å². The minimum Gasteiger partial charge on any atom is -0.207 e. The van der Waals surface area contributed by atoms with Gasteiger partial charge in [-0.05, 0) is 31.0 Å². The standard InChI is InChI=1S/C12H10F2N2/c1-8(7-16)10-6-11(13)9(3-2-4-15)5-12(10)14/h5-6,8H,2-3H2,1H3. The molecule has 0 spiro atoms. The number of nitrogens with zero attached hydrogens (tertiary/aromatic N) is 2. The van der Waals surface area contributed by atoms with Crippen LogP contribution in [0, 0.1) is 34.3 Å². The summed E-state index contributed by atoms with van der Waals surface area (Å²) in [5, 5.41) is 17.0. The van der Waals surface area contributed by atoms with Crippen molar-refractivity contribution in [2.24, 2.45) is 0 Å². The molecule has 0 saturated carbocycles. The van der Waals surface area contributed by atoms with Crippen molar-refractivity contribution in [2.75, 3.05) is 0 Å². The number of halogens is 2. The molecule has 4 heteroatoms. The monoisotopic (exact) mass is 220 g/mol. The van der Waals surface area contributed by atoms with Crippen LogP contribution in [-0.4, -0.2) is 0 Å². The average molecular weight is 220 g/mol. The second kappa shape index (κ2) is 5.23. The van der Waals surface area contributed by atoms with E-state index in [1.807, 2.05) is 12.1 Å². The molecule has 1 unspecified atom stereocenters. The highest BCUT2D eigenvalue weighted by Crippen LogP contribution is 2.22. The third kappa shape index (κ3) is 2.55. The van der Waals surface area contributed by atoms with Gasteiger partial charge in [0.05, 0.1) is 18.1 Å². The smallest absolute Gasteiger partial charge is 0.128 e. The lowest BCUT2D eigenvalue weighted by molar-refractivity contribution is 0.570. The largest absolute Gasteiger partial charge is 0.207 e. The van der Waals surface area contributed by atoms with E-state index in [9.17, 15) is 8.78 Å². The predicted octanol–water partition coefficient (Wildman–Crippen LogP) is 3.05. The van der Waals surface area contributed by atoms with Crippen LogP contribution in [0.15, 0.2) is 12.1 Å². The first-order chi connectivity index (χ1) is 7.60. The van der Waals surface area contributed by atoms with Gasteiger partial charge in [0.2, 0.25) is 0 Å². The molecule has 1 rings (SSSR count). The normalized spacial score (nSPS) is 11.6. The van der Waals surface area contributed by atoms with Gasteiger partial charge in [-0.2, -0.15) is 10.5 Å². The van der Waals surface area contributed by atoms with E-state index < -0.39 is 17.6 Å². The molecule has 1 aromatic rings. The summed E-state index contributed by atoms with van der Waals surface area (Å²) in [4.78, 5) is 0. The third-order valence-electron chi connectivity index (χ3n) is 2.33. The van der Waals surface area contributed by atoms with Crippen molar-refractivity contribution in [3.63, 3.8) is 0 Å². The molecule has 0 amide bonds. The maximum atomic E-state index is 13.5. The number of benzene rings is 1. The molecule has 0 aliphatic carbocycles. The van der Waals surface area contributed by atoms with Gasteiger partial charge in [-0.15, -0.1) is 0 Å². The van der Waals surface area contributed by atoms with E-state index in [1.165, 1.54) is 6.92 Å². The highest BCUT2D eigenvalue weighted by Gasteiger charge is 2.14. The molecule has 82 valence electrons. The summed E-state index contributed by atoms with van der Waals surface area (Å²) in [7, 11) is 0. The Labute approximate surface area is 92.7 Å². The molecule has 2 nitrogen and oxygen atoms in total. The van der Waals surface area contributed by atoms with Crippen LogP contribution in [0.5, 0.6) is 0 Å². The maximum absolute atomic E-state index is 13.5. The van der Waals surface area contributed by atoms with Crippen LogP contribution in [-0.2, 0) is 6.42 Å². The first-order valence-corrected chi connectivity index (χ1v) is 4.84. The van der Waals surface area contributed by atoms with Crippen LogP contribution in [0.2, 0.25) is 0 Å². The van der Waals surface area contributed by atoms with Crippen LogP contribution >= 0.6 is 0 Å². The molecule has 0 bridgehead atoms. The fraction of sp³-hybridized carbons (Fsp3) is 0.333. The molecule has 0 heterocycles. The fourth-order valence-corrected chi connectivity index (χ4v) is 1.39. The quantitative estimate of drug-likeness (QED) is 0.785. The van der Waals surface area contributed by atoms with Gasteiger partial charge in [0, 0.05) is 12.0 Å². The number of hydrogen-bond acceptors (Lipinski definition) is 2. The molecular weight excluding hydrogens is 210 g/mol. The Bertz CT molecular complexity index is 469. The molecule has 0 radical (unpaired) electrons. The van der Waals surface area contributed by atoms with Crippen molar-refractivity contribution >= 4 is 0 Å². The van der Waals surface area contributed by atoms with Gasteiger partial charge in [0.1, 0.15) is 11.6 Å². The lowest BCUT2D eigenvalue weighted by atomic mass is 9.98. The zero-order chi connectivity index (χ0) is 12.1. The molecule has 1 atom stereocenters. The second-order valence-corrected chi connectivity index (χ2v) is 3.47. The van der Waals surface area contributed by atoms with E-state index in [-0.39, 0.29) is 24.0 Å². The van der Waals surface area contributed by atoms with Crippen LogP contribution in [0.4, 0.5) is 8.78 Å². The zero-order valence-corrected chi connectivity index (χ0v) is 8.80. The molecule has 1 aromatic carbocycles. The van der Waals surface area contributed by atoms with Crippen LogP contribution < -0.4 is 0 Å². The van der Waals surface area contributed by atoms with Crippen molar-refractivity contribution in [3.05, 3.63) is 34.9 Å². The highest BCUT2D eigenvalue weighted by molar-refractivity contribution is 5.31. The SMILES string of the molecule is CC(C#N)c1cc(F)c(CCC#N)cc1F. The van der Waals surface area contributed by atoms with Gasteiger partial charge in [0.25, 0.3) is 0 Å². The van der Waals surface area contributed by atoms with E-state index in [1.54, 1.807) is 0 Å². The number of rotatable bonds is 3. The molecule has 0 aliphatic rings. The molecule has 0 aromatic heterocycles. The summed E-state index contributed by atoms with van der Waals surface area (Å²) in [6.45, 7) is 1.51. The van der Waals surface area contributed by atoms with E-state index >= 15 is 0 Å². The third-order valence-corrected chi connectivity index (χ3v) is 2.33. The van der Waals surface area contributed by atoms with Gasteiger partial charge < -0.3 is 0 Å². The Kier molecular flexibility index (Phi) is 3.96. The number of hydrogen-bond donors (Lipinski definition) is 0. The lowest BCUT2D eigenvalue weighted by Gasteiger charge is -2.08. The van der Waals surface area contributed by atoms with E-state index in [0.29, 0.717) is 0 Å². The molecular formula is C12H10F2N2. The number of aryl methyl sites for hydroxylation is 1. The molecule has 0 aliphatic heterocycles. The highest BCUT2D eigenvalue weighted by atomic mass is 19.1. The molecule has 0 N–H and O–H groups in total. The summed E-state index contributed by atoms with van der Waals surface area (Å²) in [6, 6.07) is 5.83. The molecule has 0 saturated heterocycles. The Morgan fingerprint density at radius 3 is 2.50 bits per heavy atom. The van der Waals surface area contributed by atoms with Crippen molar-refractivity contribution in [1.82, 2.24) is 0 Å². The molecule has 0 fully saturated rings.